The van der Waals surface area contributed by atoms with Crippen LogP contribution in [0.25, 0.3) is 16.7 Å². The lowest BCUT2D eigenvalue weighted by molar-refractivity contribution is 0.415. The summed E-state index contributed by atoms with van der Waals surface area (Å²) in [7, 11) is 1.66. The Bertz CT molecular complexity index is 1000. The highest BCUT2D eigenvalue weighted by Gasteiger charge is 2.08. The molecule has 2 heterocycles. The summed E-state index contributed by atoms with van der Waals surface area (Å²) in [5, 5.41) is 4.58. The van der Waals surface area contributed by atoms with Gasteiger partial charge in [0.2, 0.25) is 0 Å². The van der Waals surface area contributed by atoms with Crippen molar-refractivity contribution < 1.29 is 4.74 Å². The maximum absolute atomic E-state index is 5.73. The third-order valence-electron chi connectivity index (χ3n) is 4.12. The van der Waals surface area contributed by atoms with Crippen molar-refractivity contribution in [3.8, 4) is 11.6 Å². The Labute approximate surface area is 145 Å². The smallest absolute Gasteiger partial charge is 0.137 e. The van der Waals surface area contributed by atoms with E-state index in [9.17, 15) is 0 Å². The zero-order valence-electron chi connectivity index (χ0n) is 13.8. The third-order valence-corrected chi connectivity index (χ3v) is 4.12. The minimum atomic E-state index is 0.655. The molecule has 0 saturated heterocycles. The van der Waals surface area contributed by atoms with Crippen LogP contribution >= 0.6 is 0 Å². The van der Waals surface area contributed by atoms with Gasteiger partial charge in [-0.2, -0.15) is 0 Å². The molecular formula is C20H18N4O. The molecule has 4 aromatic rings. The van der Waals surface area contributed by atoms with E-state index >= 15 is 0 Å². The van der Waals surface area contributed by atoms with E-state index in [0.29, 0.717) is 5.69 Å². The maximum Gasteiger partial charge on any atom is 0.137 e. The van der Waals surface area contributed by atoms with Crippen molar-refractivity contribution in [2.45, 2.75) is 0 Å². The predicted molar refractivity (Wildman–Crippen MR) is 102 cm³/mol. The molecule has 2 aromatic heterocycles. The second-order valence-corrected chi connectivity index (χ2v) is 5.73. The second kappa shape index (κ2) is 6.20. The second-order valence-electron chi connectivity index (χ2n) is 5.73. The van der Waals surface area contributed by atoms with Gasteiger partial charge in [-0.3, -0.25) is 0 Å². The van der Waals surface area contributed by atoms with Crippen LogP contribution in [-0.4, -0.2) is 16.7 Å². The van der Waals surface area contributed by atoms with E-state index in [0.717, 1.165) is 33.8 Å². The van der Waals surface area contributed by atoms with Crippen LogP contribution in [0.1, 0.15) is 0 Å². The van der Waals surface area contributed by atoms with Gasteiger partial charge in [-0.25, -0.2) is 4.98 Å². The number of nitrogens with two attached hydrogens (primary N) is 1. The molecule has 5 heteroatoms. The topological polar surface area (TPSA) is 65.1 Å². The van der Waals surface area contributed by atoms with E-state index < -0.39 is 0 Å². The van der Waals surface area contributed by atoms with Crippen molar-refractivity contribution >= 4 is 28.0 Å². The van der Waals surface area contributed by atoms with E-state index in [-0.39, 0.29) is 0 Å². The van der Waals surface area contributed by atoms with Gasteiger partial charge in [-0.15, -0.1) is 0 Å². The summed E-state index contributed by atoms with van der Waals surface area (Å²) >= 11 is 0. The van der Waals surface area contributed by atoms with Crippen LogP contribution in [0.4, 0.5) is 17.1 Å². The fraction of sp³-hybridized carbons (Fsp3) is 0.0500. The summed E-state index contributed by atoms with van der Waals surface area (Å²) < 4.78 is 7.25. The molecule has 0 unspecified atom stereocenters. The number of benzene rings is 2. The number of nitrogen functional groups attached to an aromatic ring is 1. The molecule has 5 nitrogen and oxygen atoms in total. The molecule has 0 amide bonds. The lowest BCUT2D eigenvalue weighted by Crippen LogP contribution is -1.97. The number of ether oxygens (including phenoxy) is 1. The number of nitrogens with zero attached hydrogens (tertiary/aromatic N) is 2. The first kappa shape index (κ1) is 15.1. The summed E-state index contributed by atoms with van der Waals surface area (Å²) in [6, 6.07) is 19.9. The SMILES string of the molecule is COc1ccc(Nc2cccc3c2ccn3-c2ccc(N)cn2)cc1. The normalized spacial score (nSPS) is 10.8. The molecule has 0 radical (unpaired) electrons. The molecule has 0 saturated carbocycles. The van der Waals surface area contributed by atoms with Crippen molar-refractivity contribution in [1.82, 2.24) is 9.55 Å². The van der Waals surface area contributed by atoms with Gasteiger partial charge in [-0.1, -0.05) is 6.07 Å². The first-order valence-electron chi connectivity index (χ1n) is 7.98. The van der Waals surface area contributed by atoms with Gasteiger partial charge < -0.3 is 20.4 Å². The minimum Gasteiger partial charge on any atom is -0.497 e. The van der Waals surface area contributed by atoms with Crippen molar-refractivity contribution in [3.05, 3.63) is 73.1 Å². The van der Waals surface area contributed by atoms with Crippen LogP contribution < -0.4 is 15.8 Å². The number of anilines is 3. The lowest BCUT2D eigenvalue weighted by atomic mass is 10.2. The molecule has 4 rings (SSSR count). The van der Waals surface area contributed by atoms with Crippen molar-refractivity contribution in [3.63, 3.8) is 0 Å². The third kappa shape index (κ3) is 2.87. The number of aromatic nitrogens is 2. The van der Waals surface area contributed by atoms with E-state index in [4.69, 9.17) is 10.5 Å². The molecule has 0 aliphatic heterocycles. The number of rotatable bonds is 4. The van der Waals surface area contributed by atoms with E-state index in [1.165, 1.54) is 0 Å². The standard InChI is InChI=1S/C20H18N4O/c1-25-16-8-6-15(7-9-16)23-18-3-2-4-19-17(18)11-12-24(19)20-10-5-14(21)13-22-20/h2-13,23H,21H2,1H3. The summed E-state index contributed by atoms with van der Waals surface area (Å²) in [6.45, 7) is 0. The van der Waals surface area contributed by atoms with E-state index in [1.807, 2.05) is 53.2 Å². The maximum atomic E-state index is 5.73. The minimum absolute atomic E-state index is 0.655. The van der Waals surface area contributed by atoms with Crippen LogP contribution in [0, 0.1) is 0 Å². The molecule has 124 valence electrons. The molecule has 0 spiro atoms. The van der Waals surface area contributed by atoms with Crippen molar-refractivity contribution in [1.29, 1.82) is 0 Å². The predicted octanol–water partition coefficient (Wildman–Crippen LogP) is 4.36. The Hall–Kier alpha value is -3.47. The molecular weight excluding hydrogens is 312 g/mol. The Morgan fingerprint density at radius 2 is 1.84 bits per heavy atom. The molecule has 2 aromatic carbocycles. The number of hydrogen-bond donors (Lipinski definition) is 2. The molecule has 0 aliphatic carbocycles. The quantitative estimate of drug-likeness (QED) is 0.583. The van der Waals surface area contributed by atoms with Gasteiger partial charge in [0.1, 0.15) is 11.6 Å². The zero-order chi connectivity index (χ0) is 17.2. The van der Waals surface area contributed by atoms with Crippen LogP contribution in [-0.2, 0) is 0 Å². The summed E-state index contributed by atoms with van der Waals surface area (Å²) in [5.41, 5.74) is 9.51. The Balaban J connectivity index is 1.72. The Morgan fingerprint density at radius 3 is 2.56 bits per heavy atom. The van der Waals surface area contributed by atoms with Gasteiger partial charge in [0.25, 0.3) is 0 Å². The van der Waals surface area contributed by atoms with Gasteiger partial charge >= 0.3 is 0 Å². The number of fused-ring (bicyclic) bond motifs is 1. The first-order valence-corrected chi connectivity index (χ1v) is 7.98. The molecule has 0 atom stereocenters. The van der Waals surface area contributed by atoms with Crippen LogP contribution in [0.15, 0.2) is 73.1 Å². The van der Waals surface area contributed by atoms with Crippen LogP contribution in [0.3, 0.4) is 0 Å². The average molecular weight is 330 g/mol. The molecule has 0 aliphatic rings. The summed E-state index contributed by atoms with van der Waals surface area (Å²) in [6.07, 6.45) is 3.68. The summed E-state index contributed by atoms with van der Waals surface area (Å²) in [5.74, 6) is 1.68. The summed E-state index contributed by atoms with van der Waals surface area (Å²) in [4.78, 5) is 4.41. The fourth-order valence-corrected chi connectivity index (χ4v) is 2.85. The van der Waals surface area contributed by atoms with Gasteiger partial charge in [0.05, 0.1) is 24.5 Å². The Morgan fingerprint density at radius 1 is 1.00 bits per heavy atom. The van der Waals surface area contributed by atoms with Gasteiger partial charge in [0.15, 0.2) is 0 Å². The van der Waals surface area contributed by atoms with Crippen molar-refractivity contribution in [2.75, 3.05) is 18.2 Å². The van der Waals surface area contributed by atoms with E-state index in [2.05, 4.69) is 28.5 Å². The molecule has 0 bridgehead atoms. The fourth-order valence-electron chi connectivity index (χ4n) is 2.85. The largest absolute Gasteiger partial charge is 0.497 e. The van der Waals surface area contributed by atoms with Crippen LogP contribution in [0.2, 0.25) is 0 Å². The van der Waals surface area contributed by atoms with E-state index in [1.54, 1.807) is 13.3 Å². The number of methoxy groups -OCH3 is 1. The number of pyridine rings is 1. The zero-order valence-corrected chi connectivity index (χ0v) is 13.8. The Kier molecular flexibility index (Phi) is 3.74. The monoisotopic (exact) mass is 330 g/mol. The number of hydrogen-bond acceptors (Lipinski definition) is 4. The first-order chi connectivity index (χ1) is 12.2. The molecule has 3 N–H and O–H groups in total. The highest BCUT2D eigenvalue weighted by atomic mass is 16.5. The highest BCUT2D eigenvalue weighted by Crippen LogP contribution is 2.29. The molecule has 0 fully saturated rings. The highest BCUT2D eigenvalue weighted by molar-refractivity contribution is 5.95. The van der Waals surface area contributed by atoms with Gasteiger partial charge in [-0.05, 0) is 54.6 Å². The lowest BCUT2D eigenvalue weighted by Gasteiger charge is -2.10. The van der Waals surface area contributed by atoms with Crippen LogP contribution in [0.5, 0.6) is 5.75 Å². The molecule has 25 heavy (non-hydrogen) atoms. The van der Waals surface area contributed by atoms with Crippen molar-refractivity contribution in [2.24, 2.45) is 0 Å². The average Bonchev–Trinajstić information content (AvgIpc) is 3.08. The number of nitrogens with one attached hydrogen (secondary N) is 1. The van der Waals surface area contributed by atoms with Gasteiger partial charge in [0, 0.05) is 23.0 Å².